The van der Waals surface area contributed by atoms with Gasteiger partial charge in [-0.1, -0.05) is 18.2 Å². The first-order chi connectivity index (χ1) is 15.2. The Hall–Kier alpha value is -2.89. The van der Waals surface area contributed by atoms with Gasteiger partial charge in [0, 0.05) is 28.8 Å². The lowest BCUT2D eigenvalue weighted by atomic mass is 9.77. The van der Waals surface area contributed by atoms with Gasteiger partial charge in [-0.3, -0.25) is 0 Å². The lowest BCUT2D eigenvalue weighted by molar-refractivity contribution is 0.0224. The van der Waals surface area contributed by atoms with Gasteiger partial charge in [-0.25, -0.2) is 4.79 Å². The van der Waals surface area contributed by atoms with Crippen molar-refractivity contribution in [2.24, 2.45) is 0 Å². The maximum Gasteiger partial charge on any atom is 0.340 e. The van der Waals surface area contributed by atoms with Gasteiger partial charge in [0.1, 0.15) is 36.2 Å². The summed E-state index contributed by atoms with van der Waals surface area (Å²) in [4.78, 5) is 12.8. The molecule has 0 bridgehead atoms. The van der Waals surface area contributed by atoms with Crippen molar-refractivity contribution in [2.45, 2.75) is 5.60 Å². The molecule has 2 heterocycles. The van der Waals surface area contributed by atoms with Crippen molar-refractivity contribution < 1.29 is 23.7 Å². The Kier molecular flexibility index (Phi) is 5.16. The lowest BCUT2D eigenvalue weighted by Crippen LogP contribution is -2.33. The fourth-order valence-electron chi connectivity index (χ4n) is 4.13. The van der Waals surface area contributed by atoms with Gasteiger partial charge >= 0.3 is 5.97 Å². The van der Waals surface area contributed by atoms with Gasteiger partial charge in [0.25, 0.3) is 0 Å². The number of esters is 1. The predicted octanol–water partition coefficient (Wildman–Crippen LogP) is 5.49. The van der Waals surface area contributed by atoms with E-state index in [1.807, 2.05) is 42.5 Å². The van der Waals surface area contributed by atoms with E-state index in [1.54, 1.807) is 18.2 Å². The zero-order chi connectivity index (χ0) is 21.4. The summed E-state index contributed by atoms with van der Waals surface area (Å²) in [5.74, 6) is 2.68. The Morgan fingerprint density at radius 3 is 1.94 bits per heavy atom. The molecule has 0 atom stereocenters. The Balaban J connectivity index is 1.71. The van der Waals surface area contributed by atoms with Crippen molar-refractivity contribution in [1.82, 2.24) is 0 Å². The second-order valence-corrected chi connectivity index (χ2v) is 7.87. The van der Waals surface area contributed by atoms with Crippen LogP contribution >= 0.6 is 23.2 Å². The smallest absolute Gasteiger partial charge is 0.340 e. The van der Waals surface area contributed by atoms with Gasteiger partial charge in [0.15, 0.2) is 5.60 Å². The monoisotopic (exact) mass is 456 g/mol. The molecule has 31 heavy (non-hydrogen) atoms. The molecule has 0 fully saturated rings. The molecule has 2 aliphatic rings. The third-order valence-electron chi connectivity index (χ3n) is 5.35. The molecular weight excluding hydrogens is 439 g/mol. The molecule has 0 saturated carbocycles. The highest BCUT2D eigenvalue weighted by Gasteiger charge is 2.53. The van der Waals surface area contributed by atoms with Crippen molar-refractivity contribution in [3.63, 3.8) is 0 Å². The number of hydrogen-bond acceptors (Lipinski definition) is 5. The van der Waals surface area contributed by atoms with E-state index in [-0.39, 0.29) is 5.97 Å². The highest BCUT2D eigenvalue weighted by Crippen LogP contribution is 2.56. The van der Waals surface area contributed by atoms with Crippen molar-refractivity contribution in [1.29, 1.82) is 0 Å². The van der Waals surface area contributed by atoms with Crippen LogP contribution in [0.3, 0.4) is 0 Å². The van der Waals surface area contributed by atoms with Crippen LogP contribution in [0.5, 0.6) is 23.0 Å². The number of hydrogen-bond donors (Lipinski definition) is 0. The van der Waals surface area contributed by atoms with Crippen molar-refractivity contribution in [2.75, 3.05) is 25.0 Å². The van der Waals surface area contributed by atoms with E-state index < -0.39 is 5.60 Å². The molecule has 3 aromatic carbocycles. The fraction of sp³-hybridized carbons (Fsp3) is 0.208. The van der Waals surface area contributed by atoms with Gasteiger partial charge in [-0.15, -0.1) is 23.2 Å². The molecule has 0 aromatic heterocycles. The van der Waals surface area contributed by atoms with Gasteiger partial charge < -0.3 is 18.9 Å². The van der Waals surface area contributed by atoms with Gasteiger partial charge in [0.05, 0.1) is 17.3 Å². The minimum Gasteiger partial charge on any atom is -0.492 e. The molecule has 3 aromatic rings. The first-order valence-corrected chi connectivity index (χ1v) is 10.9. The van der Waals surface area contributed by atoms with Gasteiger partial charge in [-0.2, -0.15) is 0 Å². The number of alkyl halides is 2. The molecule has 0 unspecified atom stereocenters. The molecule has 5 nitrogen and oxygen atoms in total. The van der Waals surface area contributed by atoms with E-state index in [4.69, 9.17) is 42.1 Å². The third-order valence-corrected chi connectivity index (χ3v) is 5.66. The summed E-state index contributed by atoms with van der Waals surface area (Å²) in [5.41, 5.74) is 1.64. The SMILES string of the molecule is O=C1OC2(c3ccc(OCCCl)cc3Oc3cc(OCCCl)ccc32)c2ccccc21. The molecular formula is C24H18Cl2O5. The van der Waals surface area contributed by atoms with Crippen LogP contribution in [0.2, 0.25) is 0 Å². The van der Waals surface area contributed by atoms with Crippen LogP contribution in [0.1, 0.15) is 27.0 Å². The third kappa shape index (κ3) is 3.20. The van der Waals surface area contributed by atoms with Crippen LogP contribution in [0, 0.1) is 0 Å². The second kappa shape index (κ2) is 7.98. The van der Waals surface area contributed by atoms with Crippen LogP contribution in [0.15, 0.2) is 60.7 Å². The molecule has 0 saturated heterocycles. The zero-order valence-electron chi connectivity index (χ0n) is 16.4. The van der Waals surface area contributed by atoms with Gasteiger partial charge in [0.2, 0.25) is 0 Å². The number of rotatable bonds is 6. The molecule has 2 aliphatic heterocycles. The second-order valence-electron chi connectivity index (χ2n) is 7.11. The summed E-state index contributed by atoms with van der Waals surface area (Å²) in [6.07, 6.45) is 0. The predicted molar refractivity (Wildman–Crippen MR) is 117 cm³/mol. The van der Waals surface area contributed by atoms with Crippen LogP contribution in [-0.4, -0.2) is 30.9 Å². The molecule has 7 heteroatoms. The van der Waals surface area contributed by atoms with Crippen LogP contribution in [-0.2, 0) is 10.3 Å². The highest BCUT2D eigenvalue weighted by molar-refractivity contribution is 6.18. The standard InChI is InChI=1S/C24H18Cl2O5/c25-9-11-28-15-5-7-19-21(13-15)30-22-14-16(29-12-10-26)6-8-20(22)24(19)18-4-2-1-3-17(18)23(27)31-24/h1-8,13-14H,9-12H2. The first-order valence-electron chi connectivity index (χ1n) is 9.84. The minimum atomic E-state index is -1.12. The maximum atomic E-state index is 12.8. The number of carbonyl (C=O) groups is 1. The van der Waals surface area contributed by atoms with E-state index >= 15 is 0 Å². The number of carbonyl (C=O) groups excluding carboxylic acids is 1. The molecule has 0 amide bonds. The van der Waals surface area contributed by atoms with E-state index in [0.29, 0.717) is 53.5 Å². The number of halogens is 2. The first kappa shape index (κ1) is 20.0. The molecule has 0 N–H and O–H groups in total. The van der Waals surface area contributed by atoms with E-state index in [9.17, 15) is 4.79 Å². The normalized spacial score (nSPS) is 14.8. The zero-order valence-corrected chi connectivity index (χ0v) is 17.9. The van der Waals surface area contributed by atoms with E-state index in [1.165, 1.54) is 0 Å². The Morgan fingerprint density at radius 1 is 0.774 bits per heavy atom. The van der Waals surface area contributed by atoms with E-state index in [0.717, 1.165) is 16.7 Å². The summed E-state index contributed by atoms with van der Waals surface area (Å²) >= 11 is 11.5. The molecule has 5 rings (SSSR count). The van der Waals surface area contributed by atoms with Crippen LogP contribution in [0.25, 0.3) is 0 Å². The van der Waals surface area contributed by atoms with E-state index in [2.05, 4.69) is 0 Å². The average Bonchev–Trinajstić information content (AvgIpc) is 3.09. The molecule has 158 valence electrons. The quantitative estimate of drug-likeness (QED) is 0.362. The Morgan fingerprint density at radius 2 is 1.35 bits per heavy atom. The fourth-order valence-corrected chi connectivity index (χ4v) is 4.28. The van der Waals surface area contributed by atoms with Gasteiger partial charge in [-0.05, 0) is 30.3 Å². The largest absolute Gasteiger partial charge is 0.492 e. The average molecular weight is 457 g/mol. The summed E-state index contributed by atoms with van der Waals surface area (Å²) in [6.45, 7) is 0.743. The summed E-state index contributed by atoms with van der Waals surface area (Å²) in [5, 5.41) is 0. The number of fused-ring (bicyclic) bond motifs is 6. The Bertz CT molecular complexity index is 1100. The van der Waals surface area contributed by atoms with Crippen molar-refractivity contribution in [3.05, 3.63) is 82.9 Å². The summed E-state index contributed by atoms with van der Waals surface area (Å²) in [7, 11) is 0. The number of benzene rings is 3. The summed E-state index contributed by atoms with van der Waals surface area (Å²) < 4.78 is 23.7. The molecule has 0 aliphatic carbocycles. The molecule has 0 radical (unpaired) electrons. The van der Waals surface area contributed by atoms with Crippen molar-refractivity contribution in [3.8, 4) is 23.0 Å². The maximum absolute atomic E-state index is 12.8. The van der Waals surface area contributed by atoms with Crippen LogP contribution in [0.4, 0.5) is 0 Å². The highest BCUT2D eigenvalue weighted by atomic mass is 35.5. The molecule has 1 spiro atoms. The topological polar surface area (TPSA) is 54.0 Å². The lowest BCUT2D eigenvalue weighted by Gasteiger charge is -2.36. The minimum absolute atomic E-state index is 0.371. The van der Waals surface area contributed by atoms with Crippen molar-refractivity contribution >= 4 is 29.2 Å². The summed E-state index contributed by atoms with van der Waals surface area (Å²) in [6, 6.07) is 18.4. The van der Waals surface area contributed by atoms with Crippen LogP contribution < -0.4 is 14.2 Å². The number of ether oxygens (including phenoxy) is 4. The Labute approximate surface area is 189 Å².